The molecule has 1 aliphatic heterocycles. The van der Waals surface area contributed by atoms with Crippen LogP contribution < -0.4 is 15.4 Å². The van der Waals surface area contributed by atoms with Crippen LogP contribution >= 0.6 is 11.3 Å². The number of rotatable bonds is 4. The van der Waals surface area contributed by atoms with Gasteiger partial charge in [-0.1, -0.05) is 30.3 Å². The van der Waals surface area contributed by atoms with Crippen molar-refractivity contribution in [3.05, 3.63) is 41.3 Å². The number of nitrogens with one attached hydrogen (secondary N) is 2. The first-order valence-corrected chi connectivity index (χ1v) is 8.34. The first-order chi connectivity index (χ1) is 10.8. The van der Waals surface area contributed by atoms with Gasteiger partial charge in [0.05, 0.1) is 7.11 Å². The number of ether oxygens (including phenoxy) is 1. The third-order valence-electron chi connectivity index (χ3n) is 3.81. The lowest BCUT2D eigenvalue weighted by atomic mass is 10.1. The van der Waals surface area contributed by atoms with Crippen molar-refractivity contribution < 1.29 is 9.53 Å². The van der Waals surface area contributed by atoms with E-state index in [0.29, 0.717) is 10.6 Å². The monoisotopic (exact) mass is 316 g/mol. The minimum atomic E-state index is -0.0438. The summed E-state index contributed by atoms with van der Waals surface area (Å²) in [5, 5.41) is 6.41. The Hall–Kier alpha value is -1.85. The van der Waals surface area contributed by atoms with Gasteiger partial charge >= 0.3 is 0 Å². The Morgan fingerprint density at radius 3 is 2.86 bits per heavy atom. The third-order valence-corrected chi connectivity index (χ3v) is 4.98. The van der Waals surface area contributed by atoms with Gasteiger partial charge < -0.3 is 15.4 Å². The SMILES string of the molecule is COc1cc(-c2ccccc2)sc1C(=O)NC1CCCNC1. The van der Waals surface area contributed by atoms with Gasteiger partial charge in [-0.05, 0) is 31.0 Å². The molecule has 0 bridgehead atoms. The molecule has 1 aliphatic rings. The van der Waals surface area contributed by atoms with Crippen molar-refractivity contribution in [1.82, 2.24) is 10.6 Å². The largest absolute Gasteiger partial charge is 0.495 e. The summed E-state index contributed by atoms with van der Waals surface area (Å²) in [7, 11) is 1.61. The van der Waals surface area contributed by atoms with Crippen LogP contribution in [0.25, 0.3) is 10.4 Å². The predicted octanol–water partition coefficient (Wildman–Crippen LogP) is 2.91. The second kappa shape index (κ2) is 6.94. The molecule has 1 atom stereocenters. The molecule has 4 nitrogen and oxygen atoms in total. The summed E-state index contributed by atoms with van der Waals surface area (Å²) in [5.41, 5.74) is 1.10. The zero-order valence-electron chi connectivity index (χ0n) is 12.6. The highest BCUT2D eigenvalue weighted by Crippen LogP contribution is 2.36. The molecule has 0 aliphatic carbocycles. The second-order valence-electron chi connectivity index (χ2n) is 5.39. The molecule has 2 heterocycles. The Labute approximate surface area is 134 Å². The third kappa shape index (κ3) is 3.31. The van der Waals surface area contributed by atoms with Gasteiger partial charge in [0, 0.05) is 17.5 Å². The number of thiophene rings is 1. The maximum Gasteiger partial charge on any atom is 0.265 e. The van der Waals surface area contributed by atoms with Crippen LogP contribution in [0.2, 0.25) is 0 Å². The number of hydrogen-bond acceptors (Lipinski definition) is 4. The van der Waals surface area contributed by atoms with Crippen molar-refractivity contribution in [1.29, 1.82) is 0 Å². The standard InChI is InChI=1S/C17H20N2O2S/c1-21-14-10-15(12-6-3-2-4-7-12)22-16(14)17(20)19-13-8-5-9-18-11-13/h2-4,6-7,10,13,18H,5,8-9,11H2,1H3,(H,19,20). The zero-order chi connectivity index (χ0) is 15.4. The van der Waals surface area contributed by atoms with Crippen molar-refractivity contribution in [2.45, 2.75) is 18.9 Å². The van der Waals surface area contributed by atoms with Gasteiger partial charge in [0.25, 0.3) is 5.91 Å². The molecule has 1 aromatic heterocycles. The van der Waals surface area contributed by atoms with Gasteiger partial charge in [-0.2, -0.15) is 0 Å². The number of methoxy groups -OCH3 is 1. The summed E-state index contributed by atoms with van der Waals surface area (Å²) in [6, 6.07) is 12.2. The first-order valence-electron chi connectivity index (χ1n) is 7.53. The fourth-order valence-corrected chi connectivity index (χ4v) is 3.69. The molecule has 1 aromatic carbocycles. The quantitative estimate of drug-likeness (QED) is 0.912. The van der Waals surface area contributed by atoms with E-state index >= 15 is 0 Å². The summed E-state index contributed by atoms with van der Waals surface area (Å²) in [6.45, 7) is 1.87. The normalized spacial score (nSPS) is 18.0. The average molecular weight is 316 g/mol. The van der Waals surface area contributed by atoms with Crippen molar-refractivity contribution in [3.8, 4) is 16.2 Å². The van der Waals surface area contributed by atoms with Crippen LogP contribution in [0.4, 0.5) is 0 Å². The van der Waals surface area contributed by atoms with Crippen molar-refractivity contribution in [2.75, 3.05) is 20.2 Å². The fourth-order valence-electron chi connectivity index (χ4n) is 2.65. The highest BCUT2D eigenvalue weighted by atomic mass is 32.1. The van der Waals surface area contributed by atoms with E-state index in [1.807, 2.05) is 36.4 Å². The van der Waals surface area contributed by atoms with E-state index in [-0.39, 0.29) is 11.9 Å². The molecule has 116 valence electrons. The molecule has 1 saturated heterocycles. The lowest BCUT2D eigenvalue weighted by molar-refractivity contribution is 0.0932. The summed E-state index contributed by atoms with van der Waals surface area (Å²) in [6.07, 6.45) is 2.12. The summed E-state index contributed by atoms with van der Waals surface area (Å²) in [5.74, 6) is 0.600. The van der Waals surface area contributed by atoms with Crippen LogP contribution in [0.15, 0.2) is 36.4 Å². The van der Waals surface area contributed by atoms with E-state index in [1.54, 1.807) is 7.11 Å². The fraction of sp³-hybridized carbons (Fsp3) is 0.353. The molecule has 0 saturated carbocycles. The van der Waals surface area contributed by atoms with Crippen LogP contribution in [-0.4, -0.2) is 32.1 Å². The molecule has 1 amide bonds. The maximum absolute atomic E-state index is 12.5. The minimum Gasteiger partial charge on any atom is -0.495 e. The predicted molar refractivity (Wildman–Crippen MR) is 89.7 cm³/mol. The van der Waals surface area contributed by atoms with E-state index in [0.717, 1.165) is 36.4 Å². The summed E-state index contributed by atoms with van der Waals surface area (Å²) < 4.78 is 5.39. The Morgan fingerprint density at radius 1 is 1.36 bits per heavy atom. The summed E-state index contributed by atoms with van der Waals surface area (Å²) in [4.78, 5) is 14.2. The van der Waals surface area contributed by atoms with Crippen LogP contribution in [0, 0.1) is 0 Å². The molecule has 1 fully saturated rings. The highest BCUT2D eigenvalue weighted by molar-refractivity contribution is 7.17. The van der Waals surface area contributed by atoms with E-state index < -0.39 is 0 Å². The van der Waals surface area contributed by atoms with E-state index in [9.17, 15) is 4.79 Å². The molecule has 2 aromatic rings. The average Bonchev–Trinajstić information content (AvgIpc) is 3.01. The van der Waals surface area contributed by atoms with E-state index in [1.165, 1.54) is 11.3 Å². The number of amides is 1. The molecule has 2 N–H and O–H groups in total. The number of hydrogen-bond donors (Lipinski definition) is 2. The molecule has 3 rings (SSSR count). The van der Waals surface area contributed by atoms with Crippen molar-refractivity contribution in [3.63, 3.8) is 0 Å². The van der Waals surface area contributed by atoms with Crippen LogP contribution in [0.5, 0.6) is 5.75 Å². The molecular formula is C17H20N2O2S. The summed E-state index contributed by atoms with van der Waals surface area (Å²) >= 11 is 1.48. The zero-order valence-corrected chi connectivity index (χ0v) is 13.4. The smallest absolute Gasteiger partial charge is 0.265 e. The van der Waals surface area contributed by atoms with Crippen LogP contribution in [0.1, 0.15) is 22.5 Å². The number of benzene rings is 1. The Bertz CT molecular complexity index is 633. The first kappa shape index (κ1) is 15.1. The van der Waals surface area contributed by atoms with Crippen molar-refractivity contribution in [2.24, 2.45) is 0 Å². The van der Waals surface area contributed by atoms with Gasteiger partial charge in [0.2, 0.25) is 0 Å². The Morgan fingerprint density at radius 2 is 2.18 bits per heavy atom. The van der Waals surface area contributed by atoms with E-state index in [4.69, 9.17) is 4.74 Å². The molecular weight excluding hydrogens is 296 g/mol. The van der Waals surface area contributed by atoms with Gasteiger partial charge in [-0.3, -0.25) is 4.79 Å². The number of carbonyl (C=O) groups is 1. The van der Waals surface area contributed by atoms with Gasteiger partial charge in [-0.15, -0.1) is 11.3 Å². The van der Waals surface area contributed by atoms with Crippen LogP contribution in [-0.2, 0) is 0 Å². The van der Waals surface area contributed by atoms with Crippen LogP contribution in [0.3, 0.4) is 0 Å². The minimum absolute atomic E-state index is 0.0438. The molecule has 22 heavy (non-hydrogen) atoms. The lowest BCUT2D eigenvalue weighted by Gasteiger charge is -2.23. The second-order valence-corrected chi connectivity index (χ2v) is 6.44. The molecule has 0 spiro atoms. The molecule has 0 radical (unpaired) electrons. The molecule has 1 unspecified atom stereocenters. The van der Waals surface area contributed by atoms with Crippen molar-refractivity contribution >= 4 is 17.2 Å². The highest BCUT2D eigenvalue weighted by Gasteiger charge is 2.21. The Kier molecular flexibility index (Phi) is 4.75. The number of piperidine rings is 1. The molecule has 5 heteroatoms. The van der Waals surface area contributed by atoms with Gasteiger partial charge in [0.15, 0.2) is 0 Å². The van der Waals surface area contributed by atoms with Gasteiger partial charge in [-0.25, -0.2) is 0 Å². The maximum atomic E-state index is 12.5. The topological polar surface area (TPSA) is 50.4 Å². The lowest BCUT2D eigenvalue weighted by Crippen LogP contribution is -2.45. The van der Waals surface area contributed by atoms with E-state index in [2.05, 4.69) is 10.6 Å². The Balaban J connectivity index is 1.80. The number of carbonyl (C=O) groups excluding carboxylic acids is 1. The van der Waals surface area contributed by atoms with Gasteiger partial charge in [0.1, 0.15) is 10.6 Å².